The number of hydrogen-bond donors (Lipinski definition) is 2. The first-order valence-corrected chi connectivity index (χ1v) is 5.66. The molecule has 1 aromatic carbocycles. The van der Waals surface area contributed by atoms with Crippen LogP contribution in [0.25, 0.3) is 0 Å². The summed E-state index contributed by atoms with van der Waals surface area (Å²) >= 11 is 0. The van der Waals surface area contributed by atoms with Crippen molar-refractivity contribution in [3.05, 3.63) is 33.9 Å². The van der Waals surface area contributed by atoms with Crippen molar-refractivity contribution >= 4 is 17.3 Å². The highest BCUT2D eigenvalue weighted by Gasteiger charge is 2.25. The summed E-state index contributed by atoms with van der Waals surface area (Å²) in [4.78, 5) is 21.3. The number of hydrogen-bond acceptors (Lipinski definition) is 4. The topological polar surface area (TPSA) is 84.3 Å². The van der Waals surface area contributed by atoms with E-state index in [9.17, 15) is 23.7 Å². The monoisotopic (exact) mass is 271 g/mol. The SMILES string of the molecule is O=C(Nc1cc([N+](=O)[O-])c(F)cc1F)[C@@H]1CCCN1. The van der Waals surface area contributed by atoms with E-state index < -0.39 is 39.9 Å². The van der Waals surface area contributed by atoms with Gasteiger partial charge in [0.2, 0.25) is 11.7 Å². The Bertz CT molecular complexity index is 530. The van der Waals surface area contributed by atoms with E-state index in [1.165, 1.54) is 0 Å². The van der Waals surface area contributed by atoms with E-state index in [1.54, 1.807) is 0 Å². The van der Waals surface area contributed by atoms with E-state index in [2.05, 4.69) is 10.6 Å². The van der Waals surface area contributed by atoms with Crippen LogP contribution < -0.4 is 10.6 Å². The molecule has 0 aromatic heterocycles. The van der Waals surface area contributed by atoms with E-state index in [-0.39, 0.29) is 0 Å². The third kappa shape index (κ3) is 2.84. The van der Waals surface area contributed by atoms with Crippen molar-refractivity contribution in [3.63, 3.8) is 0 Å². The van der Waals surface area contributed by atoms with Gasteiger partial charge in [0, 0.05) is 12.1 Å². The largest absolute Gasteiger partial charge is 0.322 e. The zero-order chi connectivity index (χ0) is 14.0. The predicted octanol–water partition coefficient (Wildman–Crippen LogP) is 1.56. The van der Waals surface area contributed by atoms with E-state index in [0.29, 0.717) is 25.1 Å². The molecule has 102 valence electrons. The first-order valence-electron chi connectivity index (χ1n) is 5.66. The Hall–Kier alpha value is -2.09. The summed E-state index contributed by atoms with van der Waals surface area (Å²) in [6.45, 7) is 0.685. The van der Waals surface area contributed by atoms with Crippen molar-refractivity contribution < 1.29 is 18.5 Å². The molecular weight excluding hydrogens is 260 g/mol. The maximum atomic E-state index is 13.4. The van der Waals surface area contributed by atoms with Gasteiger partial charge in [-0.25, -0.2) is 4.39 Å². The Kier molecular flexibility index (Phi) is 3.70. The van der Waals surface area contributed by atoms with Crippen LogP contribution in [0.5, 0.6) is 0 Å². The van der Waals surface area contributed by atoms with Crippen molar-refractivity contribution in [2.24, 2.45) is 0 Å². The Balaban J connectivity index is 2.21. The van der Waals surface area contributed by atoms with Crippen molar-refractivity contribution in [3.8, 4) is 0 Å². The lowest BCUT2D eigenvalue weighted by Crippen LogP contribution is -2.35. The molecule has 8 heteroatoms. The Morgan fingerprint density at radius 2 is 2.16 bits per heavy atom. The molecule has 0 radical (unpaired) electrons. The van der Waals surface area contributed by atoms with E-state index in [0.717, 1.165) is 6.42 Å². The number of nitro groups is 1. The molecule has 1 heterocycles. The minimum absolute atomic E-state index is 0.385. The summed E-state index contributed by atoms with van der Waals surface area (Å²) in [5, 5.41) is 15.7. The van der Waals surface area contributed by atoms with E-state index in [4.69, 9.17) is 0 Å². The lowest BCUT2D eigenvalue weighted by molar-refractivity contribution is -0.387. The summed E-state index contributed by atoms with van der Waals surface area (Å²) in [6, 6.07) is 0.608. The molecule has 0 spiro atoms. The van der Waals surface area contributed by atoms with Crippen LogP contribution in [-0.2, 0) is 4.79 Å². The molecule has 0 unspecified atom stereocenters. The summed E-state index contributed by atoms with van der Waals surface area (Å²) in [5.74, 6) is -2.81. The molecule has 0 saturated carbocycles. The fraction of sp³-hybridized carbons (Fsp3) is 0.364. The predicted molar refractivity (Wildman–Crippen MR) is 62.7 cm³/mol. The van der Waals surface area contributed by atoms with Gasteiger partial charge in [0.05, 0.1) is 16.7 Å². The average Bonchev–Trinajstić information content (AvgIpc) is 2.85. The van der Waals surface area contributed by atoms with Crippen LogP contribution in [0.4, 0.5) is 20.2 Å². The fourth-order valence-corrected chi connectivity index (χ4v) is 1.90. The van der Waals surface area contributed by atoms with Crippen molar-refractivity contribution in [1.29, 1.82) is 0 Å². The van der Waals surface area contributed by atoms with Crippen LogP contribution in [0.2, 0.25) is 0 Å². The smallest absolute Gasteiger partial charge is 0.307 e. The fourth-order valence-electron chi connectivity index (χ4n) is 1.90. The van der Waals surface area contributed by atoms with Gasteiger partial charge in [-0.15, -0.1) is 0 Å². The first-order chi connectivity index (χ1) is 8.99. The first kappa shape index (κ1) is 13.3. The van der Waals surface area contributed by atoms with Gasteiger partial charge >= 0.3 is 5.69 Å². The molecule has 1 aromatic rings. The number of amides is 1. The number of benzene rings is 1. The molecule has 19 heavy (non-hydrogen) atoms. The zero-order valence-corrected chi connectivity index (χ0v) is 9.78. The van der Waals surface area contributed by atoms with Gasteiger partial charge < -0.3 is 10.6 Å². The van der Waals surface area contributed by atoms with Crippen LogP contribution in [0.1, 0.15) is 12.8 Å². The molecule has 1 fully saturated rings. The summed E-state index contributed by atoms with van der Waals surface area (Å²) in [7, 11) is 0. The molecule has 2 N–H and O–H groups in total. The number of anilines is 1. The van der Waals surface area contributed by atoms with E-state index >= 15 is 0 Å². The Labute approximate surface area is 106 Å². The molecule has 0 aliphatic carbocycles. The highest BCUT2D eigenvalue weighted by atomic mass is 19.1. The van der Waals surface area contributed by atoms with E-state index in [1.807, 2.05) is 0 Å². The van der Waals surface area contributed by atoms with Gasteiger partial charge in [-0.2, -0.15) is 4.39 Å². The summed E-state index contributed by atoms with van der Waals surface area (Å²) in [6.07, 6.45) is 1.43. The molecule has 1 saturated heterocycles. The molecule has 1 aliphatic heterocycles. The lowest BCUT2D eigenvalue weighted by Gasteiger charge is -2.11. The second kappa shape index (κ2) is 5.27. The number of rotatable bonds is 3. The van der Waals surface area contributed by atoms with Crippen LogP contribution >= 0.6 is 0 Å². The molecule has 0 bridgehead atoms. The van der Waals surface area contributed by atoms with Crippen LogP contribution in [0.3, 0.4) is 0 Å². The molecular formula is C11H11F2N3O3. The van der Waals surface area contributed by atoms with Gasteiger partial charge in [-0.3, -0.25) is 14.9 Å². The number of halogens is 2. The minimum Gasteiger partial charge on any atom is -0.322 e. The number of nitro benzene ring substituents is 1. The third-order valence-electron chi connectivity index (χ3n) is 2.87. The molecule has 1 aliphatic rings. The van der Waals surface area contributed by atoms with Crippen LogP contribution in [-0.4, -0.2) is 23.4 Å². The number of nitrogens with zero attached hydrogens (tertiary/aromatic N) is 1. The highest BCUT2D eigenvalue weighted by Crippen LogP contribution is 2.25. The second-order valence-corrected chi connectivity index (χ2v) is 4.18. The van der Waals surface area contributed by atoms with Crippen LogP contribution in [0.15, 0.2) is 12.1 Å². The standard InChI is InChI=1S/C11H11F2N3O3/c12-6-4-7(13)10(16(18)19)5-9(6)15-11(17)8-2-1-3-14-8/h4-5,8,14H,1-3H2,(H,15,17)/t8-/m0/s1. The zero-order valence-electron chi connectivity index (χ0n) is 9.78. The van der Waals surface area contributed by atoms with Gasteiger partial charge in [0.1, 0.15) is 5.82 Å². The van der Waals surface area contributed by atoms with Crippen LogP contribution in [0, 0.1) is 21.7 Å². The van der Waals surface area contributed by atoms with Crippen molar-refractivity contribution in [2.45, 2.75) is 18.9 Å². The maximum Gasteiger partial charge on any atom is 0.307 e. The van der Waals surface area contributed by atoms with Gasteiger partial charge in [0.15, 0.2) is 0 Å². The Morgan fingerprint density at radius 3 is 2.74 bits per heavy atom. The maximum absolute atomic E-state index is 13.4. The average molecular weight is 271 g/mol. The molecule has 1 amide bonds. The summed E-state index contributed by atoms with van der Waals surface area (Å²) < 4.78 is 26.6. The number of carbonyl (C=O) groups excluding carboxylic acids is 1. The normalized spacial score (nSPS) is 18.3. The van der Waals surface area contributed by atoms with Crippen molar-refractivity contribution in [1.82, 2.24) is 5.32 Å². The number of carbonyl (C=O) groups is 1. The van der Waals surface area contributed by atoms with Gasteiger partial charge in [0.25, 0.3) is 0 Å². The second-order valence-electron chi connectivity index (χ2n) is 4.18. The Morgan fingerprint density at radius 1 is 1.42 bits per heavy atom. The quantitative estimate of drug-likeness (QED) is 0.645. The molecule has 2 rings (SSSR count). The number of nitrogens with one attached hydrogen (secondary N) is 2. The van der Waals surface area contributed by atoms with Gasteiger partial charge in [-0.1, -0.05) is 0 Å². The molecule has 6 nitrogen and oxygen atoms in total. The third-order valence-corrected chi connectivity index (χ3v) is 2.87. The van der Waals surface area contributed by atoms with Gasteiger partial charge in [-0.05, 0) is 19.4 Å². The summed E-state index contributed by atoms with van der Waals surface area (Å²) in [5.41, 5.74) is -1.28. The molecule has 1 atom stereocenters. The highest BCUT2D eigenvalue weighted by molar-refractivity contribution is 5.95. The minimum atomic E-state index is -1.28. The lowest BCUT2D eigenvalue weighted by atomic mass is 10.2. The van der Waals surface area contributed by atoms with Crippen molar-refractivity contribution in [2.75, 3.05) is 11.9 Å².